The van der Waals surface area contributed by atoms with Crippen LogP contribution in [0.2, 0.25) is 0 Å². The average molecular weight is 345 g/mol. The van der Waals surface area contributed by atoms with Crippen molar-refractivity contribution < 1.29 is 19.4 Å². The van der Waals surface area contributed by atoms with Crippen LogP contribution in [0.1, 0.15) is 38.1 Å². The number of carbonyl (C=O) groups is 2. The van der Waals surface area contributed by atoms with Crippen molar-refractivity contribution in [3.63, 3.8) is 0 Å². The first-order chi connectivity index (χ1) is 9.17. The molecule has 1 rings (SSSR count). The molecule has 0 unspecified atom stereocenters. The Morgan fingerprint density at radius 2 is 2.05 bits per heavy atom. The molecule has 0 aliphatic heterocycles. The summed E-state index contributed by atoms with van der Waals surface area (Å²) in [4.78, 5) is 28.6. The van der Waals surface area contributed by atoms with Crippen LogP contribution in [0, 0.1) is 0 Å². The molecule has 1 heterocycles. The van der Waals surface area contributed by atoms with Gasteiger partial charge in [0.15, 0.2) is 5.82 Å². The van der Waals surface area contributed by atoms with Gasteiger partial charge in [-0.3, -0.25) is 4.90 Å². The first-order valence-corrected chi connectivity index (χ1v) is 6.85. The van der Waals surface area contributed by atoms with Crippen molar-refractivity contribution in [1.82, 2.24) is 4.98 Å². The van der Waals surface area contributed by atoms with Crippen molar-refractivity contribution in [1.29, 1.82) is 0 Å². The smallest absolute Gasteiger partial charge is 0.416 e. The van der Waals surface area contributed by atoms with E-state index in [-0.39, 0.29) is 17.9 Å². The third-order valence-corrected chi connectivity index (χ3v) is 2.94. The molecular formula is C13H17BrN2O4. The summed E-state index contributed by atoms with van der Waals surface area (Å²) in [5, 5.41) is 9.26. The van der Waals surface area contributed by atoms with E-state index < -0.39 is 17.7 Å². The van der Waals surface area contributed by atoms with Crippen LogP contribution in [0.25, 0.3) is 0 Å². The lowest BCUT2D eigenvalue weighted by molar-refractivity contribution is 0.0581. The summed E-state index contributed by atoms with van der Waals surface area (Å²) in [7, 11) is 0. The van der Waals surface area contributed by atoms with Crippen molar-refractivity contribution in [3.05, 3.63) is 22.3 Å². The van der Waals surface area contributed by atoms with Crippen LogP contribution in [0.4, 0.5) is 10.6 Å². The van der Waals surface area contributed by atoms with Crippen LogP contribution in [-0.2, 0) is 4.74 Å². The SMILES string of the molecule is CCN(C(=O)OC(C)(C)C)c1nccc(Br)c1C(=O)O. The quantitative estimate of drug-likeness (QED) is 0.909. The van der Waals surface area contributed by atoms with Gasteiger partial charge in [0.1, 0.15) is 11.2 Å². The Morgan fingerprint density at radius 3 is 2.50 bits per heavy atom. The predicted octanol–water partition coefficient (Wildman–Crippen LogP) is 3.30. The molecule has 0 bridgehead atoms. The summed E-state index contributed by atoms with van der Waals surface area (Å²) in [6.07, 6.45) is 0.798. The van der Waals surface area contributed by atoms with E-state index in [4.69, 9.17) is 4.74 Å². The number of ether oxygens (including phenoxy) is 1. The number of aromatic nitrogens is 1. The number of amides is 1. The van der Waals surface area contributed by atoms with Crippen molar-refractivity contribution in [2.24, 2.45) is 0 Å². The van der Waals surface area contributed by atoms with E-state index in [1.165, 1.54) is 17.2 Å². The molecule has 20 heavy (non-hydrogen) atoms. The molecule has 0 atom stereocenters. The molecule has 1 N–H and O–H groups in total. The number of hydrogen-bond acceptors (Lipinski definition) is 4. The molecule has 110 valence electrons. The Labute approximate surface area is 125 Å². The van der Waals surface area contributed by atoms with Gasteiger partial charge in [-0.1, -0.05) is 0 Å². The summed E-state index contributed by atoms with van der Waals surface area (Å²) in [6, 6.07) is 1.51. The Kier molecular flexibility index (Phi) is 5.10. The second kappa shape index (κ2) is 6.21. The molecule has 0 aromatic carbocycles. The topological polar surface area (TPSA) is 79.7 Å². The van der Waals surface area contributed by atoms with E-state index in [9.17, 15) is 14.7 Å². The number of aromatic carboxylic acids is 1. The predicted molar refractivity (Wildman–Crippen MR) is 78.2 cm³/mol. The minimum absolute atomic E-state index is 0.0589. The van der Waals surface area contributed by atoms with Gasteiger partial charge in [-0.15, -0.1) is 0 Å². The molecule has 1 amide bonds. The summed E-state index contributed by atoms with van der Waals surface area (Å²) >= 11 is 3.16. The first kappa shape index (κ1) is 16.4. The fourth-order valence-electron chi connectivity index (χ4n) is 1.51. The maximum absolute atomic E-state index is 12.1. The van der Waals surface area contributed by atoms with Gasteiger partial charge >= 0.3 is 12.1 Å². The van der Waals surface area contributed by atoms with Gasteiger partial charge in [-0.25, -0.2) is 14.6 Å². The highest BCUT2D eigenvalue weighted by atomic mass is 79.9. The second-order valence-corrected chi connectivity index (χ2v) is 5.88. The number of anilines is 1. The van der Waals surface area contributed by atoms with E-state index >= 15 is 0 Å². The lowest BCUT2D eigenvalue weighted by Crippen LogP contribution is -2.38. The highest BCUT2D eigenvalue weighted by Crippen LogP contribution is 2.26. The molecule has 7 heteroatoms. The van der Waals surface area contributed by atoms with Crippen LogP contribution in [0.5, 0.6) is 0 Å². The van der Waals surface area contributed by atoms with E-state index in [2.05, 4.69) is 20.9 Å². The lowest BCUT2D eigenvalue weighted by Gasteiger charge is -2.26. The van der Waals surface area contributed by atoms with Crippen LogP contribution in [0.3, 0.4) is 0 Å². The van der Waals surface area contributed by atoms with E-state index in [0.29, 0.717) is 4.47 Å². The standard InChI is InChI=1S/C13H17BrN2O4/c1-5-16(12(19)20-13(2,3)4)10-9(11(17)18)8(14)6-7-15-10/h6-7H,5H2,1-4H3,(H,17,18). The number of hydrogen-bond donors (Lipinski definition) is 1. The average Bonchev–Trinajstić information content (AvgIpc) is 2.26. The first-order valence-electron chi connectivity index (χ1n) is 6.05. The van der Waals surface area contributed by atoms with Crippen molar-refractivity contribution >= 4 is 33.8 Å². The van der Waals surface area contributed by atoms with Crippen molar-refractivity contribution in [2.45, 2.75) is 33.3 Å². The second-order valence-electron chi connectivity index (χ2n) is 5.02. The van der Waals surface area contributed by atoms with Gasteiger partial charge in [-0.2, -0.15) is 0 Å². The molecule has 6 nitrogen and oxygen atoms in total. The van der Waals surface area contributed by atoms with E-state index in [1.54, 1.807) is 27.7 Å². The van der Waals surface area contributed by atoms with E-state index in [0.717, 1.165) is 0 Å². The minimum Gasteiger partial charge on any atom is -0.478 e. The largest absolute Gasteiger partial charge is 0.478 e. The van der Waals surface area contributed by atoms with Crippen LogP contribution < -0.4 is 4.90 Å². The summed E-state index contributed by atoms with van der Waals surface area (Å²) < 4.78 is 5.62. The third-order valence-electron chi connectivity index (χ3n) is 2.28. The maximum atomic E-state index is 12.1. The highest BCUT2D eigenvalue weighted by Gasteiger charge is 2.27. The zero-order chi connectivity index (χ0) is 15.5. The number of carboxylic acids is 1. The van der Waals surface area contributed by atoms with E-state index in [1.807, 2.05) is 0 Å². The molecule has 0 fully saturated rings. The van der Waals surface area contributed by atoms with Gasteiger partial charge in [0.25, 0.3) is 0 Å². The molecule has 0 saturated heterocycles. The number of rotatable bonds is 3. The fourth-order valence-corrected chi connectivity index (χ4v) is 1.98. The molecule has 0 spiro atoms. The molecule has 0 radical (unpaired) electrons. The monoisotopic (exact) mass is 344 g/mol. The van der Waals surface area contributed by atoms with Crippen LogP contribution >= 0.6 is 15.9 Å². The zero-order valence-electron chi connectivity index (χ0n) is 11.8. The Bertz CT molecular complexity index is 526. The molecule has 1 aromatic heterocycles. The Morgan fingerprint density at radius 1 is 1.45 bits per heavy atom. The third kappa shape index (κ3) is 3.93. The summed E-state index contributed by atoms with van der Waals surface area (Å²) in [6.45, 7) is 7.19. The Balaban J connectivity index is 3.23. The van der Waals surface area contributed by atoms with Gasteiger partial charge < -0.3 is 9.84 Å². The number of nitrogens with zero attached hydrogens (tertiary/aromatic N) is 2. The van der Waals surface area contributed by atoms with Crippen molar-refractivity contribution in [3.8, 4) is 0 Å². The molecular weight excluding hydrogens is 328 g/mol. The fraction of sp³-hybridized carbons (Fsp3) is 0.462. The lowest BCUT2D eigenvalue weighted by atomic mass is 10.2. The normalized spacial score (nSPS) is 11.1. The van der Waals surface area contributed by atoms with Crippen LogP contribution in [0.15, 0.2) is 16.7 Å². The molecule has 0 aliphatic carbocycles. The van der Waals surface area contributed by atoms with Gasteiger partial charge in [0.2, 0.25) is 0 Å². The number of pyridine rings is 1. The minimum atomic E-state index is -1.16. The Hall–Kier alpha value is -1.63. The molecule has 0 saturated carbocycles. The van der Waals surface area contributed by atoms with Gasteiger partial charge in [0.05, 0.1) is 0 Å². The zero-order valence-corrected chi connectivity index (χ0v) is 13.4. The summed E-state index contributed by atoms with van der Waals surface area (Å²) in [5.41, 5.74) is -0.736. The molecule has 1 aromatic rings. The number of halogens is 1. The van der Waals surface area contributed by atoms with Gasteiger partial charge in [-0.05, 0) is 49.7 Å². The maximum Gasteiger partial charge on any atom is 0.416 e. The number of carbonyl (C=O) groups excluding carboxylic acids is 1. The summed E-state index contributed by atoms with van der Waals surface area (Å²) in [5.74, 6) is -1.11. The van der Waals surface area contributed by atoms with Crippen LogP contribution in [-0.4, -0.2) is 34.3 Å². The van der Waals surface area contributed by atoms with Crippen molar-refractivity contribution in [2.75, 3.05) is 11.4 Å². The van der Waals surface area contributed by atoms with Gasteiger partial charge in [0, 0.05) is 17.2 Å². The number of carboxylic acid groups (broad SMARTS) is 1. The highest BCUT2D eigenvalue weighted by molar-refractivity contribution is 9.10. The molecule has 0 aliphatic rings.